The number of likely N-dealkylation sites (tertiary alicyclic amines) is 1. The second-order valence-corrected chi connectivity index (χ2v) is 11.4. The summed E-state index contributed by atoms with van der Waals surface area (Å²) in [4.78, 5) is 14.6. The number of hydrogen-bond acceptors (Lipinski definition) is 4. The molecule has 33 heavy (non-hydrogen) atoms. The van der Waals surface area contributed by atoms with Gasteiger partial charge in [-0.15, -0.1) is 0 Å². The topological polar surface area (TPSA) is 75.7 Å². The molecule has 1 aromatic carbocycles. The number of sulfonamides is 1. The molecule has 1 saturated heterocycles. The van der Waals surface area contributed by atoms with Gasteiger partial charge in [0.25, 0.3) is 0 Å². The first-order valence-corrected chi connectivity index (χ1v) is 13.6. The van der Waals surface area contributed by atoms with E-state index in [0.717, 1.165) is 31.6 Å². The van der Waals surface area contributed by atoms with Gasteiger partial charge in [0.2, 0.25) is 15.9 Å². The zero-order valence-corrected chi connectivity index (χ0v) is 19.6. The zero-order chi connectivity index (χ0) is 23.8. The molecule has 0 spiro atoms. The van der Waals surface area contributed by atoms with Crippen LogP contribution in [0.3, 0.4) is 0 Å². The molecular weight excluding hydrogens is 457 g/mol. The Balaban J connectivity index is 1.38. The van der Waals surface area contributed by atoms with E-state index < -0.39 is 33.5 Å². The summed E-state index contributed by atoms with van der Waals surface area (Å²) >= 11 is 0. The van der Waals surface area contributed by atoms with Gasteiger partial charge < -0.3 is 9.64 Å². The third-order valence-electron chi connectivity index (χ3n) is 6.99. The smallest absolute Gasteiger partial charge is 0.226 e. The molecule has 0 aromatic heterocycles. The van der Waals surface area contributed by atoms with Gasteiger partial charge in [-0.3, -0.25) is 4.79 Å². The number of nitrogens with one attached hydrogen (secondary N) is 1. The van der Waals surface area contributed by atoms with Crippen LogP contribution in [0.5, 0.6) is 0 Å². The van der Waals surface area contributed by atoms with Gasteiger partial charge in [0.15, 0.2) is 11.6 Å². The van der Waals surface area contributed by atoms with E-state index in [1.165, 1.54) is 0 Å². The molecular formula is C23H31F3N2O4S. The maximum absolute atomic E-state index is 14.2. The van der Waals surface area contributed by atoms with Crippen molar-refractivity contribution in [1.29, 1.82) is 0 Å². The van der Waals surface area contributed by atoms with Crippen LogP contribution in [0.4, 0.5) is 13.2 Å². The fourth-order valence-electron chi connectivity index (χ4n) is 5.16. The summed E-state index contributed by atoms with van der Waals surface area (Å²) in [7, 11) is -3.44. The lowest BCUT2D eigenvalue weighted by Gasteiger charge is -2.42. The molecule has 10 heteroatoms. The van der Waals surface area contributed by atoms with Gasteiger partial charge in [-0.2, -0.15) is 0 Å². The average Bonchev–Trinajstić information content (AvgIpc) is 3.59. The van der Waals surface area contributed by atoms with E-state index in [0.29, 0.717) is 44.7 Å². The number of piperidine rings is 1. The number of amides is 1. The summed E-state index contributed by atoms with van der Waals surface area (Å²) in [5.74, 6) is -3.14. The van der Waals surface area contributed by atoms with Gasteiger partial charge in [-0.25, -0.2) is 26.3 Å². The zero-order valence-electron chi connectivity index (χ0n) is 18.7. The second kappa shape index (κ2) is 9.92. The van der Waals surface area contributed by atoms with Gasteiger partial charge in [-0.1, -0.05) is 0 Å². The van der Waals surface area contributed by atoms with Crippen LogP contribution in [0.1, 0.15) is 62.8 Å². The van der Waals surface area contributed by atoms with Crippen LogP contribution in [0.25, 0.3) is 0 Å². The summed E-state index contributed by atoms with van der Waals surface area (Å²) < 4.78 is 73.9. The van der Waals surface area contributed by atoms with Crippen molar-refractivity contribution in [3.05, 3.63) is 35.1 Å². The van der Waals surface area contributed by atoms with Gasteiger partial charge in [0, 0.05) is 24.6 Å². The Labute approximate surface area is 192 Å². The highest BCUT2D eigenvalue weighted by Crippen LogP contribution is 2.37. The van der Waals surface area contributed by atoms with E-state index in [1.807, 2.05) is 0 Å². The lowest BCUT2D eigenvalue weighted by molar-refractivity contribution is -0.139. The van der Waals surface area contributed by atoms with Crippen LogP contribution in [0.15, 0.2) is 12.1 Å². The fraction of sp³-hybridized carbons (Fsp3) is 0.696. The highest BCUT2D eigenvalue weighted by Gasteiger charge is 2.42. The monoisotopic (exact) mass is 488 g/mol. The van der Waals surface area contributed by atoms with Gasteiger partial charge in [0.1, 0.15) is 5.82 Å². The molecule has 0 bridgehead atoms. The molecule has 184 valence electrons. The van der Waals surface area contributed by atoms with Crippen molar-refractivity contribution in [2.75, 3.05) is 19.4 Å². The molecule has 1 N–H and O–H groups in total. The summed E-state index contributed by atoms with van der Waals surface area (Å²) in [6.07, 6.45) is 6.32. The molecule has 3 aliphatic rings. The molecule has 0 unspecified atom stereocenters. The molecule has 1 amide bonds. The number of nitrogens with zero attached hydrogens (tertiary/aromatic N) is 1. The Morgan fingerprint density at radius 2 is 1.79 bits per heavy atom. The van der Waals surface area contributed by atoms with Gasteiger partial charge in [-0.05, 0) is 68.9 Å². The first-order chi connectivity index (χ1) is 15.6. The van der Waals surface area contributed by atoms with Crippen molar-refractivity contribution in [2.45, 2.75) is 75.5 Å². The number of halogens is 3. The van der Waals surface area contributed by atoms with Crippen molar-refractivity contribution in [2.24, 2.45) is 5.92 Å². The van der Waals surface area contributed by atoms with Crippen LogP contribution in [-0.2, 0) is 19.6 Å². The summed E-state index contributed by atoms with van der Waals surface area (Å²) in [6.45, 7) is 0.798. The van der Waals surface area contributed by atoms with Crippen LogP contribution >= 0.6 is 0 Å². The summed E-state index contributed by atoms with van der Waals surface area (Å²) in [5, 5.41) is 0. The van der Waals surface area contributed by atoms with Crippen LogP contribution < -0.4 is 4.72 Å². The van der Waals surface area contributed by atoms with Gasteiger partial charge >= 0.3 is 0 Å². The lowest BCUT2D eigenvalue weighted by Crippen LogP contribution is -2.59. The molecule has 0 radical (unpaired) electrons. The van der Waals surface area contributed by atoms with Crippen LogP contribution in [0.2, 0.25) is 0 Å². The Hall–Kier alpha value is -1.65. The Bertz CT molecular complexity index is 978. The van der Waals surface area contributed by atoms with E-state index in [2.05, 4.69) is 4.72 Å². The first kappa shape index (κ1) is 24.5. The van der Waals surface area contributed by atoms with E-state index in [1.54, 1.807) is 4.90 Å². The largest absolute Gasteiger partial charge is 0.376 e. The highest BCUT2D eigenvalue weighted by atomic mass is 32.2. The molecule has 2 aliphatic carbocycles. The minimum Gasteiger partial charge on any atom is -0.376 e. The van der Waals surface area contributed by atoms with Crippen LogP contribution in [-0.4, -0.2) is 56.8 Å². The van der Waals surface area contributed by atoms with E-state index >= 15 is 0 Å². The standard InChI is InChI=1S/C23H31F3N2O4S/c1-33(30,31)27-20-3-2-10-28(23(29)15-4-5-15)21(20)13-32-17-8-6-14(7-9-17)18-11-16(24)12-19(25)22(18)26/h11-12,14-15,17,20-21,27H,2-10,13H2,1H3/t14-,17+,20-,21-/m0/s1. The second-order valence-electron chi connectivity index (χ2n) is 9.61. The number of carbonyl (C=O) groups is 1. The van der Waals surface area contributed by atoms with Crippen molar-refractivity contribution in [1.82, 2.24) is 9.62 Å². The summed E-state index contributed by atoms with van der Waals surface area (Å²) in [6, 6.07) is 0.828. The van der Waals surface area contributed by atoms with Gasteiger partial charge in [0.05, 0.1) is 25.0 Å². The third kappa shape index (κ3) is 6.08. The highest BCUT2D eigenvalue weighted by molar-refractivity contribution is 7.88. The number of benzene rings is 1. The first-order valence-electron chi connectivity index (χ1n) is 11.7. The third-order valence-corrected chi connectivity index (χ3v) is 7.72. The maximum Gasteiger partial charge on any atom is 0.226 e. The van der Waals surface area contributed by atoms with Crippen LogP contribution in [0, 0.1) is 23.4 Å². The lowest BCUT2D eigenvalue weighted by atomic mass is 9.82. The van der Waals surface area contributed by atoms with Crippen molar-refractivity contribution in [3.8, 4) is 0 Å². The molecule has 6 nitrogen and oxygen atoms in total. The predicted octanol–water partition coefficient (Wildman–Crippen LogP) is 3.47. The Morgan fingerprint density at radius 3 is 2.42 bits per heavy atom. The number of rotatable bonds is 7. The number of carbonyl (C=O) groups excluding carboxylic acids is 1. The predicted molar refractivity (Wildman–Crippen MR) is 116 cm³/mol. The minimum atomic E-state index is -3.44. The van der Waals surface area contributed by atoms with Crippen molar-refractivity contribution < 1.29 is 31.1 Å². The van der Waals surface area contributed by atoms with E-state index in [9.17, 15) is 26.4 Å². The number of hydrogen-bond donors (Lipinski definition) is 1. The summed E-state index contributed by atoms with van der Waals surface area (Å²) in [5.41, 5.74) is 0.0665. The molecule has 2 atom stereocenters. The Morgan fingerprint density at radius 1 is 1.09 bits per heavy atom. The normalized spacial score (nSPS) is 28.7. The minimum absolute atomic E-state index is 0.0292. The van der Waals surface area contributed by atoms with E-state index in [4.69, 9.17) is 4.74 Å². The molecule has 3 fully saturated rings. The van der Waals surface area contributed by atoms with E-state index in [-0.39, 0.29) is 42.1 Å². The van der Waals surface area contributed by atoms with Crippen molar-refractivity contribution >= 4 is 15.9 Å². The SMILES string of the molecule is CS(=O)(=O)N[C@H]1CCCN(C(=O)C2CC2)[C@H]1CO[C@H]1CC[C@@H](c2cc(F)cc(F)c2F)CC1. The van der Waals surface area contributed by atoms with Crippen molar-refractivity contribution in [3.63, 3.8) is 0 Å². The molecule has 4 rings (SSSR count). The molecule has 1 aliphatic heterocycles. The quantitative estimate of drug-likeness (QED) is 0.597. The average molecular weight is 489 g/mol. The Kier molecular flexibility index (Phi) is 7.35. The molecule has 1 heterocycles. The number of ether oxygens (including phenoxy) is 1. The molecule has 1 aromatic rings. The fourth-order valence-corrected chi connectivity index (χ4v) is 5.99. The molecule has 2 saturated carbocycles. The maximum atomic E-state index is 14.2.